The van der Waals surface area contributed by atoms with E-state index in [1.165, 1.54) is 6.07 Å². The summed E-state index contributed by atoms with van der Waals surface area (Å²) in [5, 5.41) is 5.41. The van der Waals surface area contributed by atoms with Gasteiger partial charge in [0.1, 0.15) is 5.69 Å². The molecule has 0 bridgehead atoms. The van der Waals surface area contributed by atoms with Crippen molar-refractivity contribution in [1.82, 2.24) is 0 Å². The Balaban J connectivity index is 0.00000338. The molecule has 0 aliphatic rings. The maximum absolute atomic E-state index is 12.7. The number of hydrogen-bond acceptors (Lipinski definition) is 4. The Labute approximate surface area is 154 Å². The summed E-state index contributed by atoms with van der Waals surface area (Å²) in [5.74, 6) is 0.673. The van der Waals surface area contributed by atoms with E-state index in [1.54, 1.807) is 25.1 Å². The van der Waals surface area contributed by atoms with Crippen LogP contribution in [-0.4, -0.2) is 12.7 Å². The zero-order valence-corrected chi connectivity index (χ0v) is 14.5. The number of amides is 1. The van der Waals surface area contributed by atoms with E-state index < -0.39 is 17.8 Å². The zero-order valence-electron chi connectivity index (χ0n) is 13.8. The highest BCUT2D eigenvalue weighted by atomic mass is 35.5. The van der Waals surface area contributed by atoms with E-state index in [1.807, 2.05) is 0 Å². The normalized spacial score (nSPS) is 10.6. The van der Waals surface area contributed by atoms with Crippen molar-refractivity contribution in [3.8, 4) is 0 Å². The van der Waals surface area contributed by atoms with Crippen LogP contribution in [-0.2, 0) is 17.5 Å². The summed E-state index contributed by atoms with van der Waals surface area (Å²) in [6, 6.07) is 8.19. The number of alkyl halides is 3. The van der Waals surface area contributed by atoms with Crippen molar-refractivity contribution >= 4 is 23.4 Å². The number of ether oxygens (including phenoxy) is 1. The first kappa shape index (κ1) is 21.4. The third-order valence-corrected chi connectivity index (χ3v) is 3.23. The smallest absolute Gasteiger partial charge is 0.416 e. The lowest BCUT2D eigenvalue weighted by molar-refractivity contribution is -0.342. The van der Waals surface area contributed by atoms with Crippen LogP contribution < -0.4 is 33.8 Å². The van der Waals surface area contributed by atoms with Gasteiger partial charge in [-0.1, -0.05) is 12.1 Å². The average molecular weight is 391 g/mol. The molecular weight excluding hydrogens is 373 g/mol. The lowest BCUT2D eigenvalue weighted by Gasteiger charge is -2.09. The molecule has 0 aliphatic carbocycles. The standard InChI is InChI=1S/C16H17F3N4O2.ClH/c1-2-25-15(24)22-12-6-7-13(23-14(12)20)21-9-10-4-3-5-11(8-10)16(17,18)19;/h3-8H,2,9H2,1H3,(H,22,24)(H3,20,21,23);1H. The molecule has 0 unspecified atom stereocenters. The number of nitrogens with two attached hydrogens (primary N) is 1. The summed E-state index contributed by atoms with van der Waals surface area (Å²) in [4.78, 5) is 14.2. The molecule has 2 rings (SSSR count). The maximum Gasteiger partial charge on any atom is 0.416 e. The number of carbonyl (C=O) groups is 1. The number of anilines is 3. The molecular formula is C16H18ClF3N4O2. The van der Waals surface area contributed by atoms with E-state index in [2.05, 4.69) is 15.6 Å². The second kappa shape index (κ2) is 9.14. The number of aromatic nitrogens is 1. The van der Waals surface area contributed by atoms with Gasteiger partial charge in [0.15, 0.2) is 0 Å². The van der Waals surface area contributed by atoms with Gasteiger partial charge in [-0.25, -0.2) is 9.78 Å². The number of halogens is 4. The first-order chi connectivity index (χ1) is 11.8. The molecule has 0 aliphatic heterocycles. The molecule has 1 aromatic carbocycles. The molecule has 5 N–H and O–H groups in total. The van der Waals surface area contributed by atoms with Gasteiger partial charge in [-0.3, -0.25) is 5.32 Å². The molecule has 0 fully saturated rings. The lowest BCUT2D eigenvalue weighted by atomic mass is 10.1. The van der Waals surface area contributed by atoms with Crippen molar-refractivity contribution < 1.29 is 40.1 Å². The van der Waals surface area contributed by atoms with Crippen LogP contribution in [0.25, 0.3) is 0 Å². The van der Waals surface area contributed by atoms with Crippen molar-refractivity contribution in [2.45, 2.75) is 19.6 Å². The quantitative estimate of drug-likeness (QED) is 0.684. The number of nitrogen functional groups attached to an aromatic ring is 1. The van der Waals surface area contributed by atoms with Gasteiger partial charge >= 0.3 is 12.3 Å². The summed E-state index contributed by atoms with van der Waals surface area (Å²) in [5.41, 5.74) is 5.90. The molecule has 10 heteroatoms. The average Bonchev–Trinajstić information content (AvgIpc) is 2.55. The number of hydrogen-bond donors (Lipinski definition) is 3. The maximum atomic E-state index is 12.7. The number of rotatable bonds is 5. The number of H-pyrrole nitrogens is 1. The summed E-state index contributed by atoms with van der Waals surface area (Å²) in [7, 11) is 0. The monoisotopic (exact) mass is 390 g/mol. The molecule has 1 heterocycles. The summed E-state index contributed by atoms with van der Waals surface area (Å²) < 4.78 is 42.8. The lowest BCUT2D eigenvalue weighted by Crippen LogP contribution is -3.00. The molecule has 1 aromatic heterocycles. The van der Waals surface area contributed by atoms with Crippen molar-refractivity contribution in [3.05, 3.63) is 47.5 Å². The number of nitrogens with one attached hydrogen (secondary N) is 3. The Kier molecular flexibility index (Phi) is 7.51. The predicted molar refractivity (Wildman–Crippen MR) is 86.8 cm³/mol. The molecule has 6 nitrogen and oxygen atoms in total. The minimum absolute atomic E-state index is 0. The van der Waals surface area contributed by atoms with E-state index in [9.17, 15) is 18.0 Å². The van der Waals surface area contributed by atoms with Gasteiger partial charge in [-0.2, -0.15) is 13.2 Å². The largest absolute Gasteiger partial charge is 1.00 e. The van der Waals surface area contributed by atoms with E-state index in [0.29, 0.717) is 17.1 Å². The molecule has 0 atom stereocenters. The highest BCUT2D eigenvalue weighted by molar-refractivity contribution is 5.87. The second-order valence-electron chi connectivity index (χ2n) is 5.10. The van der Waals surface area contributed by atoms with Crippen molar-refractivity contribution in [2.24, 2.45) is 0 Å². The van der Waals surface area contributed by atoms with Gasteiger partial charge in [0.05, 0.1) is 18.7 Å². The molecule has 142 valence electrons. The third-order valence-electron chi connectivity index (χ3n) is 3.23. The Morgan fingerprint density at radius 2 is 2.00 bits per heavy atom. The van der Waals surface area contributed by atoms with Crippen LogP contribution in [0.5, 0.6) is 0 Å². The van der Waals surface area contributed by atoms with Crippen LogP contribution in [0.2, 0.25) is 0 Å². The van der Waals surface area contributed by atoms with E-state index in [4.69, 9.17) is 10.5 Å². The first-order valence-corrected chi connectivity index (χ1v) is 7.45. The fourth-order valence-electron chi connectivity index (χ4n) is 2.05. The van der Waals surface area contributed by atoms with Gasteiger partial charge in [-0.05, 0) is 30.7 Å². The summed E-state index contributed by atoms with van der Waals surface area (Å²) in [6.45, 7) is 2.08. The molecule has 0 saturated heterocycles. The molecule has 2 aromatic rings. The van der Waals surface area contributed by atoms with E-state index in [0.717, 1.165) is 12.1 Å². The molecule has 0 spiro atoms. The molecule has 1 amide bonds. The van der Waals surface area contributed by atoms with E-state index in [-0.39, 0.29) is 31.4 Å². The Bertz CT molecular complexity index is 757. The zero-order chi connectivity index (χ0) is 18.4. The highest BCUT2D eigenvalue weighted by Crippen LogP contribution is 2.29. The van der Waals surface area contributed by atoms with Crippen LogP contribution in [0, 0.1) is 0 Å². The first-order valence-electron chi connectivity index (χ1n) is 7.45. The third kappa shape index (κ3) is 5.99. The number of aromatic amines is 1. The second-order valence-corrected chi connectivity index (χ2v) is 5.10. The Morgan fingerprint density at radius 3 is 2.62 bits per heavy atom. The Hall–Kier alpha value is -2.68. The predicted octanol–water partition coefficient (Wildman–Crippen LogP) is 0.286. The van der Waals surface area contributed by atoms with Gasteiger partial charge in [0.2, 0.25) is 11.6 Å². The van der Waals surface area contributed by atoms with Gasteiger partial charge in [0.25, 0.3) is 0 Å². The molecule has 0 radical (unpaired) electrons. The van der Waals surface area contributed by atoms with Crippen molar-refractivity contribution in [2.75, 3.05) is 23.0 Å². The van der Waals surface area contributed by atoms with E-state index >= 15 is 0 Å². The van der Waals surface area contributed by atoms with Crippen molar-refractivity contribution in [3.63, 3.8) is 0 Å². The van der Waals surface area contributed by atoms with Crippen LogP contribution in [0.4, 0.5) is 35.3 Å². The number of carbonyl (C=O) groups excluding carboxylic acids is 1. The SMILES string of the molecule is CCOC(=O)Nc1ccc(NCc2cccc(C(F)(F)F)c2)[nH+]c1N.[Cl-]. The van der Waals surface area contributed by atoms with Crippen molar-refractivity contribution in [1.29, 1.82) is 0 Å². The molecule has 26 heavy (non-hydrogen) atoms. The molecule has 0 saturated carbocycles. The fourth-order valence-corrected chi connectivity index (χ4v) is 2.05. The topological polar surface area (TPSA) is 90.5 Å². The van der Waals surface area contributed by atoms with Gasteiger partial charge in [0, 0.05) is 6.07 Å². The van der Waals surface area contributed by atoms with Crippen LogP contribution in [0.1, 0.15) is 18.1 Å². The highest BCUT2D eigenvalue weighted by Gasteiger charge is 2.30. The minimum atomic E-state index is -4.38. The van der Waals surface area contributed by atoms with Crippen LogP contribution >= 0.6 is 0 Å². The minimum Gasteiger partial charge on any atom is -1.00 e. The van der Waals surface area contributed by atoms with Crippen LogP contribution in [0.15, 0.2) is 36.4 Å². The number of pyridine rings is 1. The summed E-state index contributed by atoms with van der Waals surface area (Å²) in [6.07, 6.45) is -5.01. The Morgan fingerprint density at radius 1 is 1.27 bits per heavy atom. The van der Waals surface area contributed by atoms with Crippen LogP contribution in [0.3, 0.4) is 0 Å². The number of benzene rings is 1. The fraction of sp³-hybridized carbons (Fsp3) is 0.250. The van der Waals surface area contributed by atoms with Gasteiger partial charge in [-0.15, -0.1) is 0 Å². The van der Waals surface area contributed by atoms with Gasteiger partial charge < -0.3 is 28.2 Å². The summed E-state index contributed by atoms with van der Waals surface area (Å²) >= 11 is 0.